The van der Waals surface area contributed by atoms with Crippen molar-refractivity contribution in [2.24, 2.45) is 0 Å². The first-order chi connectivity index (χ1) is 11.9. The summed E-state index contributed by atoms with van der Waals surface area (Å²) in [4.78, 5) is 26.8. The van der Waals surface area contributed by atoms with Crippen LogP contribution >= 0.6 is 11.3 Å². The van der Waals surface area contributed by atoms with E-state index in [2.05, 4.69) is 28.6 Å². The van der Waals surface area contributed by atoms with Gasteiger partial charge in [0.05, 0.1) is 11.5 Å². The van der Waals surface area contributed by atoms with E-state index in [1.165, 1.54) is 16.5 Å². The normalized spacial score (nSPS) is 17.2. The smallest absolute Gasteiger partial charge is 0.293 e. The molecule has 0 bridgehead atoms. The molecule has 2 heterocycles. The molecule has 0 fully saturated rings. The average Bonchev–Trinajstić information content (AvgIpc) is 3.02. The minimum Gasteiger partial charge on any atom is -0.319 e. The summed E-state index contributed by atoms with van der Waals surface area (Å²) in [5.74, 6) is -0.225. The van der Waals surface area contributed by atoms with Gasteiger partial charge < -0.3 is 5.32 Å². The first kappa shape index (κ1) is 17.6. The number of thiophene rings is 1. The van der Waals surface area contributed by atoms with E-state index in [4.69, 9.17) is 0 Å². The van der Waals surface area contributed by atoms with Crippen LogP contribution in [-0.2, 0) is 11.2 Å². The molecule has 0 aliphatic carbocycles. The van der Waals surface area contributed by atoms with Crippen molar-refractivity contribution >= 4 is 28.6 Å². The number of amides is 1. The van der Waals surface area contributed by atoms with Crippen molar-refractivity contribution in [2.45, 2.75) is 33.2 Å². The fourth-order valence-electron chi connectivity index (χ4n) is 3.20. The van der Waals surface area contributed by atoms with Crippen LogP contribution in [0.3, 0.4) is 0 Å². The van der Waals surface area contributed by atoms with Crippen molar-refractivity contribution in [3.63, 3.8) is 0 Å². The summed E-state index contributed by atoms with van der Waals surface area (Å²) in [7, 11) is 0. The number of carbonyl (C=O) groups is 1. The molecule has 0 unspecified atom stereocenters. The van der Waals surface area contributed by atoms with Crippen LogP contribution in [-0.4, -0.2) is 28.8 Å². The van der Waals surface area contributed by atoms with Crippen LogP contribution in [0.1, 0.15) is 34.5 Å². The third-order valence-corrected chi connectivity index (χ3v) is 5.83. The van der Waals surface area contributed by atoms with Gasteiger partial charge in [0.25, 0.3) is 5.69 Å². The minimum absolute atomic E-state index is 0.0664. The van der Waals surface area contributed by atoms with E-state index in [9.17, 15) is 14.9 Å². The van der Waals surface area contributed by atoms with Gasteiger partial charge in [-0.05, 0) is 61.4 Å². The highest BCUT2D eigenvalue weighted by atomic mass is 32.1. The van der Waals surface area contributed by atoms with Crippen molar-refractivity contribution in [2.75, 3.05) is 18.4 Å². The summed E-state index contributed by atoms with van der Waals surface area (Å²) >= 11 is 1.76. The van der Waals surface area contributed by atoms with Gasteiger partial charge in [-0.3, -0.25) is 19.8 Å². The van der Waals surface area contributed by atoms with Crippen molar-refractivity contribution in [3.05, 3.63) is 55.3 Å². The fourth-order valence-corrected chi connectivity index (χ4v) is 4.17. The molecule has 2 aromatic rings. The highest BCUT2D eigenvalue weighted by Gasteiger charge is 2.27. The first-order valence-electron chi connectivity index (χ1n) is 8.22. The molecule has 1 aliphatic rings. The van der Waals surface area contributed by atoms with Crippen LogP contribution in [0.5, 0.6) is 0 Å². The van der Waals surface area contributed by atoms with E-state index < -0.39 is 4.92 Å². The lowest BCUT2D eigenvalue weighted by Crippen LogP contribution is -2.39. The Kier molecular flexibility index (Phi) is 4.87. The van der Waals surface area contributed by atoms with E-state index in [0.29, 0.717) is 0 Å². The molecule has 1 aliphatic heterocycles. The van der Waals surface area contributed by atoms with Gasteiger partial charge in [-0.25, -0.2) is 0 Å². The average molecular weight is 359 g/mol. The summed E-state index contributed by atoms with van der Waals surface area (Å²) < 4.78 is 0. The second-order valence-corrected chi connectivity index (χ2v) is 7.46. The molecule has 0 radical (unpaired) electrons. The number of benzene rings is 1. The van der Waals surface area contributed by atoms with Crippen molar-refractivity contribution in [1.29, 1.82) is 0 Å². The summed E-state index contributed by atoms with van der Waals surface area (Å²) in [6.07, 6.45) is 0.939. The number of fused-ring (bicyclic) bond motifs is 1. The standard InChI is InChI=1S/C18H21N3O3S/c1-11-8-15(16(21(23)24)9-12(11)2)19-18(22)10-20-6-4-17-14(13(20)3)5-7-25-17/h5,7-9,13H,4,6,10H2,1-3H3,(H,19,22)/t13-/m1/s1. The molecular weight excluding hydrogens is 338 g/mol. The highest BCUT2D eigenvalue weighted by Crippen LogP contribution is 2.33. The van der Waals surface area contributed by atoms with Crippen LogP contribution < -0.4 is 5.32 Å². The molecule has 0 saturated heterocycles. The van der Waals surface area contributed by atoms with E-state index in [0.717, 1.165) is 24.1 Å². The number of rotatable bonds is 4. The molecule has 1 aromatic carbocycles. The number of anilines is 1. The zero-order chi connectivity index (χ0) is 18.1. The Labute approximate surface area is 150 Å². The lowest BCUT2D eigenvalue weighted by molar-refractivity contribution is -0.384. The van der Waals surface area contributed by atoms with Gasteiger partial charge in [-0.15, -0.1) is 11.3 Å². The van der Waals surface area contributed by atoms with Gasteiger partial charge in [-0.1, -0.05) is 0 Å². The maximum atomic E-state index is 12.5. The van der Waals surface area contributed by atoms with Crippen molar-refractivity contribution in [1.82, 2.24) is 4.90 Å². The van der Waals surface area contributed by atoms with Crippen molar-refractivity contribution < 1.29 is 9.72 Å². The molecule has 3 rings (SSSR count). The second kappa shape index (κ2) is 6.93. The fraction of sp³-hybridized carbons (Fsp3) is 0.389. The summed E-state index contributed by atoms with van der Waals surface area (Å²) in [5, 5.41) is 16.1. The van der Waals surface area contributed by atoms with Gasteiger partial charge in [0, 0.05) is 23.5 Å². The number of nitrogens with one attached hydrogen (secondary N) is 1. The maximum absolute atomic E-state index is 12.5. The molecule has 132 valence electrons. The van der Waals surface area contributed by atoms with Gasteiger partial charge in [0.1, 0.15) is 5.69 Å². The van der Waals surface area contributed by atoms with Crippen molar-refractivity contribution in [3.8, 4) is 0 Å². The molecule has 0 spiro atoms. The number of carbonyl (C=O) groups excluding carboxylic acids is 1. The molecule has 1 aromatic heterocycles. The van der Waals surface area contributed by atoms with Gasteiger partial charge in [0.15, 0.2) is 0 Å². The minimum atomic E-state index is -0.455. The Morgan fingerprint density at radius 3 is 2.84 bits per heavy atom. The number of nitro benzene ring substituents is 1. The zero-order valence-electron chi connectivity index (χ0n) is 14.5. The largest absolute Gasteiger partial charge is 0.319 e. The Balaban J connectivity index is 1.73. The lowest BCUT2D eigenvalue weighted by Gasteiger charge is -2.32. The zero-order valence-corrected chi connectivity index (χ0v) is 15.4. The van der Waals surface area contributed by atoms with E-state index >= 15 is 0 Å². The lowest BCUT2D eigenvalue weighted by atomic mass is 10.0. The Bertz CT molecular complexity index is 831. The molecule has 1 atom stereocenters. The predicted molar refractivity (Wildman–Crippen MR) is 99.2 cm³/mol. The third kappa shape index (κ3) is 3.57. The summed E-state index contributed by atoms with van der Waals surface area (Å²) in [6, 6.07) is 5.47. The van der Waals surface area contributed by atoms with Crippen LogP contribution in [0, 0.1) is 24.0 Å². The molecule has 7 heteroatoms. The third-order valence-electron chi connectivity index (χ3n) is 4.83. The molecule has 25 heavy (non-hydrogen) atoms. The summed E-state index contributed by atoms with van der Waals surface area (Å²) in [5.41, 5.74) is 3.22. The Hall–Kier alpha value is -2.25. The quantitative estimate of drug-likeness (QED) is 0.665. The first-order valence-corrected chi connectivity index (χ1v) is 9.10. The molecular formula is C18H21N3O3S. The van der Waals surface area contributed by atoms with Gasteiger partial charge >= 0.3 is 0 Å². The van der Waals surface area contributed by atoms with Crippen LogP contribution in [0.4, 0.5) is 11.4 Å². The number of hydrogen-bond acceptors (Lipinski definition) is 5. The van der Waals surface area contributed by atoms with Crippen LogP contribution in [0.15, 0.2) is 23.6 Å². The van der Waals surface area contributed by atoms with E-state index in [1.54, 1.807) is 17.4 Å². The molecule has 0 saturated carbocycles. The van der Waals surface area contributed by atoms with Crippen LogP contribution in [0.25, 0.3) is 0 Å². The topological polar surface area (TPSA) is 75.5 Å². The monoisotopic (exact) mass is 359 g/mol. The molecule has 1 amide bonds. The van der Waals surface area contributed by atoms with Gasteiger partial charge in [-0.2, -0.15) is 0 Å². The molecule has 1 N–H and O–H groups in total. The van der Waals surface area contributed by atoms with E-state index in [1.807, 2.05) is 13.8 Å². The Morgan fingerprint density at radius 1 is 1.40 bits per heavy atom. The highest BCUT2D eigenvalue weighted by molar-refractivity contribution is 7.10. The van der Waals surface area contributed by atoms with E-state index in [-0.39, 0.29) is 29.9 Å². The number of nitrogens with zero attached hydrogens (tertiary/aromatic N) is 2. The predicted octanol–water partition coefficient (Wildman–Crippen LogP) is 3.83. The van der Waals surface area contributed by atoms with Crippen LogP contribution in [0.2, 0.25) is 0 Å². The number of nitro groups is 1. The second-order valence-electron chi connectivity index (χ2n) is 6.45. The van der Waals surface area contributed by atoms with Gasteiger partial charge in [0.2, 0.25) is 5.91 Å². The SMILES string of the molecule is Cc1cc(NC(=O)CN2CCc3sccc3[C@H]2C)c([N+](=O)[O-])cc1C. The number of hydrogen-bond donors (Lipinski definition) is 1. The summed E-state index contributed by atoms with van der Waals surface area (Å²) in [6.45, 7) is 6.83. The number of aryl methyl sites for hydroxylation is 2. The molecule has 6 nitrogen and oxygen atoms in total. The Morgan fingerprint density at radius 2 is 2.12 bits per heavy atom. The maximum Gasteiger partial charge on any atom is 0.293 e.